The number of terminal acetylenes is 1. The second-order valence-corrected chi connectivity index (χ2v) is 11.2. The molecule has 0 N–H and O–H groups in total. The van der Waals surface area contributed by atoms with E-state index in [0.717, 1.165) is 16.5 Å². The van der Waals surface area contributed by atoms with Gasteiger partial charge in [-0.15, -0.1) is 24.2 Å². The fourth-order valence-electron chi connectivity index (χ4n) is 2.33. The Morgan fingerprint density at radius 1 is 0.773 bits per heavy atom. The first kappa shape index (κ1) is 45.8. The maximum Gasteiger partial charge on any atom is 0.335 e. The Morgan fingerprint density at radius 2 is 1.16 bits per heavy atom. The van der Waals surface area contributed by atoms with Crippen molar-refractivity contribution in [1.29, 1.82) is 10.5 Å². The van der Waals surface area contributed by atoms with Crippen LogP contribution < -0.4 is 0 Å². The quantitative estimate of drug-likeness (QED) is 0.113. The monoisotopic (exact) mass is 710 g/mol. The average Bonchev–Trinajstić information content (AvgIpc) is 3.03. The molecule has 0 unspecified atom stereocenters. The lowest BCUT2D eigenvalue weighted by Gasteiger charge is -2.16. The number of alkyl halides is 1. The highest BCUT2D eigenvalue weighted by Crippen LogP contribution is 2.51. The van der Waals surface area contributed by atoms with Gasteiger partial charge in [-0.2, -0.15) is 10.5 Å². The van der Waals surface area contributed by atoms with Crippen molar-refractivity contribution < 1.29 is 27.2 Å². The van der Waals surface area contributed by atoms with Crippen LogP contribution in [0.1, 0.15) is 77.9 Å². The van der Waals surface area contributed by atoms with Crippen LogP contribution in [0.3, 0.4) is 0 Å². The lowest BCUT2D eigenvalue weighted by molar-refractivity contribution is 0.176. The topological polar surface area (TPSA) is 137 Å². The van der Waals surface area contributed by atoms with Crippen molar-refractivity contribution in [2.24, 2.45) is 0 Å². The number of aromatic nitrogens is 2. The number of hydrogen-bond acceptors (Lipinski definition) is 10. The molecule has 0 aromatic carbocycles. The van der Waals surface area contributed by atoms with Crippen LogP contribution in [0.4, 0.5) is 0 Å². The van der Waals surface area contributed by atoms with E-state index in [1.54, 1.807) is 45.2 Å². The first-order valence-corrected chi connectivity index (χ1v) is 17.7. The molecule has 0 aliphatic heterocycles. The van der Waals surface area contributed by atoms with E-state index < -0.39 is 16.2 Å². The molecule has 2 aromatic rings. The molecule has 0 saturated carbocycles. The van der Waals surface area contributed by atoms with Crippen molar-refractivity contribution in [3.8, 4) is 36.3 Å². The van der Waals surface area contributed by atoms with Crippen LogP contribution in [-0.4, -0.2) is 43.0 Å². The number of pyridine rings is 2. The van der Waals surface area contributed by atoms with Crippen LogP contribution in [0.15, 0.2) is 36.7 Å². The van der Waals surface area contributed by atoms with E-state index in [9.17, 15) is 4.57 Å². The maximum absolute atomic E-state index is 12.2. The molecule has 0 radical (unpaired) electrons. The zero-order chi connectivity index (χ0) is 34.1. The van der Waals surface area contributed by atoms with Crippen molar-refractivity contribution in [1.82, 2.24) is 9.97 Å². The van der Waals surface area contributed by atoms with Gasteiger partial charge in [0.25, 0.3) is 0 Å². The van der Waals surface area contributed by atoms with Gasteiger partial charge in [0.15, 0.2) is 0 Å². The molecule has 2 rings (SSSR count). The molecule has 44 heavy (non-hydrogen) atoms. The number of rotatable bonds is 13. The maximum atomic E-state index is 12.2. The fraction of sp³-hybridized carbons (Fsp3) is 0.484. The minimum absolute atomic E-state index is 0.174. The predicted octanol–water partition coefficient (Wildman–Crippen LogP) is 8.56. The van der Waals surface area contributed by atoms with E-state index in [0.29, 0.717) is 44.4 Å². The molecule has 10 nitrogen and oxygen atoms in total. The summed E-state index contributed by atoms with van der Waals surface area (Å²) in [4.78, 5) is 7.79. The van der Waals surface area contributed by atoms with Gasteiger partial charge in [-0.3, -0.25) is 4.57 Å². The Hall–Kier alpha value is -2.66. The van der Waals surface area contributed by atoms with Gasteiger partial charge in [0.1, 0.15) is 23.5 Å². The number of nitriles is 2. The highest BCUT2D eigenvalue weighted by atomic mass is 79.9. The van der Waals surface area contributed by atoms with Crippen molar-refractivity contribution in [2.45, 2.75) is 66.9 Å². The van der Waals surface area contributed by atoms with E-state index in [1.807, 2.05) is 52.8 Å². The third-order valence-electron chi connectivity index (χ3n) is 4.01. The standard InChI is InChI=1S/C11H15N2O3P.C7H5BrN2.C6H15O3P.C4H6.C3H4/c1-3-15-17(14,16-4-2)9-10-5-6-11(7-12)13-8-10;8-3-6-1-2-7(4-9)10-5-6;1-4-7-10(8-5-2)9-6-3;1-3-4-2;1-3-2/h5-6,8H,3-4,9H2,1-2H3;1-2,5H,3H2;4-6H2,1-3H3;1-2H3;1H,2H3. The summed E-state index contributed by atoms with van der Waals surface area (Å²) in [5, 5.41) is 17.8. The molecule has 0 aliphatic rings. The Labute approximate surface area is 274 Å². The van der Waals surface area contributed by atoms with Crippen LogP contribution in [0.2, 0.25) is 0 Å². The van der Waals surface area contributed by atoms with Gasteiger partial charge in [0, 0.05) is 17.7 Å². The molecule has 2 aromatic heterocycles. The molecule has 2 heterocycles. The van der Waals surface area contributed by atoms with E-state index >= 15 is 0 Å². The smallest absolute Gasteiger partial charge is 0.313 e. The van der Waals surface area contributed by atoms with Crippen LogP contribution in [0.5, 0.6) is 0 Å². The predicted molar refractivity (Wildman–Crippen MR) is 181 cm³/mol. The Balaban J connectivity index is -0.000000538. The number of hydrogen-bond donors (Lipinski definition) is 0. The van der Waals surface area contributed by atoms with E-state index in [1.165, 1.54) is 6.20 Å². The Bertz CT molecular complexity index is 1170. The van der Waals surface area contributed by atoms with Gasteiger partial charge in [0.2, 0.25) is 0 Å². The molecule has 0 atom stereocenters. The Kier molecular flexibility index (Phi) is 34.6. The van der Waals surface area contributed by atoms with Crippen molar-refractivity contribution in [2.75, 3.05) is 33.0 Å². The molecule has 242 valence electrons. The minimum atomic E-state index is -3.09. The second kappa shape index (κ2) is 33.2. The normalized spacial score (nSPS) is 9.25. The SMILES string of the molecule is C#CC.CC#CC.CCOP(=O)(Cc1ccc(C#N)nc1)OCC.CCOP(OCC)OCC.N#Cc1ccc(CBr)cn1. The van der Waals surface area contributed by atoms with E-state index in [-0.39, 0.29) is 6.16 Å². The van der Waals surface area contributed by atoms with Crippen LogP contribution in [0.25, 0.3) is 0 Å². The molecule has 13 heteroatoms. The van der Waals surface area contributed by atoms with Crippen LogP contribution in [0, 0.1) is 46.8 Å². The van der Waals surface area contributed by atoms with Gasteiger partial charge in [-0.25, -0.2) is 9.97 Å². The van der Waals surface area contributed by atoms with Crippen molar-refractivity contribution >= 4 is 32.1 Å². The van der Waals surface area contributed by atoms with Gasteiger partial charge in [-0.05, 0) is 78.6 Å². The summed E-state index contributed by atoms with van der Waals surface area (Å²) in [6, 6.07) is 10.7. The highest BCUT2D eigenvalue weighted by Gasteiger charge is 2.24. The largest absolute Gasteiger partial charge is 0.335 e. The second-order valence-electron chi connectivity index (χ2n) is 7.33. The molecule has 0 amide bonds. The summed E-state index contributed by atoms with van der Waals surface area (Å²) in [5.74, 6) is 7.61. The third-order valence-corrected chi connectivity index (χ3v) is 8.12. The van der Waals surface area contributed by atoms with Crippen molar-refractivity contribution in [3.63, 3.8) is 0 Å². The van der Waals surface area contributed by atoms with Gasteiger partial charge < -0.3 is 22.6 Å². The zero-order valence-electron chi connectivity index (χ0n) is 27.0. The summed E-state index contributed by atoms with van der Waals surface area (Å²) in [6.45, 7) is 17.2. The molecule has 0 fully saturated rings. The molecular formula is C31H45BrN4O6P2. The lowest BCUT2D eigenvalue weighted by atomic mass is 10.3. The average molecular weight is 712 g/mol. The number of nitrogens with zero attached hydrogens (tertiary/aromatic N) is 4. The molecular weight excluding hydrogens is 666 g/mol. The molecule has 0 bridgehead atoms. The summed E-state index contributed by atoms with van der Waals surface area (Å²) >= 11 is 3.28. The fourth-order valence-corrected chi connectivity index (χ4v) is 5.19. The van der Waals surface area contributed by atoms with Crippen LogP contribution in [-0.2, 0) is 38.7 Å². The lowest BCUT2D eigenvalue weighted by Crippen LogP contribution is -1.99. The van der Waals surface area contributed by atoms with Crippen molar-refractivity contribution in [3.05, 3.63) is 59.2 Å². The molecule has 0 spiro atoms. The molecule has 0 saturated heterocycles. The summed E-state index contributed by atoms with van der Waals surface area (Å²) in [5.41, 5.74) is 2.61. The Morgan fingerprint density at radius 3 is 1.41 bits per heavy atom. The van der Waals surface area contributed by atoms with Gasteiger partial charge in [-0.1, -0.05) is 28.1 Å². The van der Waals surface area contributed by atoms with E-state index in [2.05, 4.69) is 50.1 Å². The number of halogens is 1. The van der Waals surface area contributed by atoms with Gasteiger partial charge >= 0.3 is 16.2 Å². The minimum Gasteiger partial charge on any atom is -0.313 e. The third kappa shape index (κ3) is 26.9. The highest BCUT2D eigenvalue weighted by molar-refractivity contribution is 9.08. The summed E-state index contributed by atoms with van der Waals surface area (Å²) < 4.78 is 38.0. The summed E-state index contributed by atoms with van der Waals surface area (Å²) in [6.07, 6.45) is 7.98. The first-order chi connectivity index (χ1) is 21.2. The van der Waals surface area contributed by atoms with Gasteiger partial charge in [0.05, 0.1) is 39.2 Å². The first-order valence-electron chi connectivity index (χ1n) is 13.7. The zero-order valence-corrected chi connectivity index (χ0v) is 30.4. The van der Waals surface area contributed by atoms with E-state index in [4.69, 9.17) is 33.1 Å². The summed E-state index contributed by atoms with van der Waals surface area (Å²) in [7, 11) is -4.15. The van der Waals surface area contributed by atoms with Crippen LogP contribution >= 0.6 is 32.1 Å². The molecule has 0 aliphatic carbocycles.